The smallest absolute Gasteiger partial charge is 0.224 e. The van der Waals surface area contributed by atoms with Crippen LogP contribution in [0.15, 0.2) is 12.8 Å². The van der Waals surface area contributed by atoms with Crippen molar-refractivity contribution in [2.45, 2.75) is 45.3 Å². The number of nitrogens with zero attached hydrogens (tertiary/aromatic N) is 4. The molecule has 1 aliphatic carbocycles. The van der Waals surface area contributed by atoms with Gasteiger partial charge >= 0.3 is 0 Å². The number of rotatable bonds is 4. The Labute approximate surface area is 130 Å². The summed E-state index contributed by atoms with van der Waals surface area (Å²) in [6.45, 7) is 6.79. The van der Waals surface area contributed by atoms with Crippen LogP contribution in [0, 0.1) is 5.92 Å². The van der Waals surface area contributed by atoms with Crippen molar-refractivity contribution in [3.05, 3.63) is 18.5 Å². The first-order valence-corrected chi connectivity index (χ1v) is 7.83. The summed E-state index contributed by atoms with van der Waals surface area (Å²) < 4.78 is 1.98. The summed E-state index contributed by atoms with van der Waals surface area (Å²) in [5.41, 5.74) is 2.64. The van der Waals surface area contributed by atoms with Gasteiger partial charge in [0.25, 0.3) is 0 Å². The van der Waals surface area contributed by atoms with Crippen molar-refractivity contribution in [1.29, 1.82) is 0 Å². The highest BCUT2D eigenvalue weighted by molar-refractivity contribution is 5.87. The van der Waals surface area contributed by atoms with Gasteiger partial charge in [0, 0.05) is 19.8 Å². The zero-order chi connectivity index (χ0) is 15.7. The summed E-state index contributed by atoms with van der Waals surface area (Å²) >= 11 is 0. The van der Waals surface area contributed by atoms with E-state index in [2.05, 4.69) is 21.9 Å². The van der Waals surface area contributed by atoms with E-state index >= 15 is 0 Å². The summed E-state index contributed by atoms with van der Waals surface area (Å²) in [5.74, 6) is 1.14. The number of allylic oxidation sites excluding steroid dienone is 1. The lowest BCUT2D eigenvalue weighted by Crippen LogP contribution is -2.22. The summed E-state index contributed by atoms with van der Waals surface area (Å²) in [4.78, 5) is 8.85. The average Bonchev–Trinajstić information content (AvgIpc) is 2.87. The topological polar surface area (TPSA) is 75.9 Å². The van der Waals surface area contributed by atoms with E-state index in [9.17, 15) is 5.11 Å². The van der Waals surface area contributed by atoms with Crippen LogP contribution in [0.5, 0.6) is 0 Å². The molecule has 0 amide bonds. The van der Waals surface area contributed by atoms with Crippen LogP contribution in [0.25, 0.3) is 16.6 Å². The highest BCUT2D eigenvalue weighted by Crippen LogP contribution is 2.28. The van der Waals surface area contributed by atoms with E-state index in [1.54, 1.807) is 0 Å². The molecule has 2 heterocycles. The van der Waals surface area contributed by atoms with Gasteiger partial charge < -0.3 is 10.4 Å². The molecule has 0 aromatic carbocycles. The Bertz CT molecular complexity index is 685. The number of nitrogens with one attached hydrogen (secondary N) is 1. The first-order valence-electron chi connectivity index (χ1n) is 7.83. The largest absolute Gasteiger partial charge is 0.393 e. The Morgan fingerprint density at radius 1 is 1.41 bits per heavy atom. The van der Waals surface area contributed by atoms with E-state index in [-0.39, 0.29) is 6.10 Å². The van der Waals surface area contributed by atoms with E-state index in [0.717, 1.165) is 54.5 Å². The second-order valence-corrected chi connectivity index (χ2v) is 6.17. The molecule has 22 heavy (non-hydrogen) atoms. The second kappa shape index (κ2) is 6.04. The Hall–Kier alpha value is -1.95. The molecule has 118 valence electrons. The van der Waals surface area contributed by atoms with Gasteiger partial charge in [-0.25, -0.2) is 9.67 Å². The van der Waals surface area contributed by atoms with Gasteiger partial charge in [-0.15, -0.1) is 0 Å². The minimum absolute atomic E-state index is 0.130. The van der Waals surface area contributed by atoms with Crippen LogP contribution in [-0.4, -0.2) is 38.0 Å². The molecule has 6 nitrogen and oxygen atoms in total. The molecule has 1 aliphatic rings. The van der Waals surface area contributed by atoms with Gasteiger partial charge in [-0.05, 0) is 44.1 Å². The van der Waals surface area contributed by atoms with Crippen LogP contribution >= 0.6 is 0 Å². The maximum Gasteiger partial charge on any atom is 0.224 e. The molecule has 0 radical (unpaired) electrons. The van der Waals surface area contributed by atoms with Crippen molar-refractivity contribution in [3.63, 3.8) is 0 Å². The highest BCUT2D eigenvalue weighted by atomic mass is 16.3. The van der Waals surface area contributed by atoms with Crippen LogP contribution in [0.4, 0.5) is 5.95 Å². The molecule has 0 atom stereocenters. The van der Waals surface area contributed by atoms with Crippen LogP contribution in [0.3, 0.4) is 0 Å². The Kier molecular flexibility index (Phi) is 4.11. The van der Waals surface area contributed by atoms with Crippen LogP contribution in [-0.2, 0) is 6.54 Å². The van der Waals surface area contributed by atoms with Gasteiger partial charge in [0.1, 0.15) is 0 Å². The zero-order valence-corrected chi connectivity index (χ0v) is 13.2. The molecular formula is C16H23N5O. The van der Waals surface area contributed by atoms with Gasteiger partial charge in [0.2, 0.25) is 5.95 Å². The average molecular weight is 301 g/mol. The standard InChI is InChI=1S/C16H23N5O/c1-10(2)14-13-8-18-16(17-3)19-15(13)21(20-14)9-11-4-6-12(22)7-5-11/h8,11-12,22H,1,4-7,9H2,2-3H3,(H,17,18,19)/t11-,12+. The van der Waals surface area contributed by atoms with Crippen molar-refractivity contribution >= 4 is 22.6 Å². The van der Waals surface area contributed by atoms with Crippen LogP contribution < -0.4 is 5.32 Å². The van der Waals surface area contributed by atoms with E-state index in [1.165, 1.54) is 0 Å². The summed E-state index contributed by atoms with van der Waals surface area (Å²) in [7, 11) is 1.81. The number of aromatic nitrogens is 4. The lowest BCUT2D eigenvalue weighted by molar-refractivity contribution is 0.103. The molecule has 2 aromatic heterocycles. The molecule has 3 rings (SSSR count). The van der Waals surface area contributed by atoms with E-state index in [0.29, 0.717) is 11.9 Å². The van der Waals surface area contributed by atoms with Crippen molar-refractivity contribution in [1.82, 2.24) is 19.7 Å². The monoisotopic (exact) mass is 301 g/mol. The van der Waals surface area contributed by atoms with Crippen LogP contribution in [0.1, 0.15) is 38.3 Å². The molecule has 0 aliphatic heterocycles. The highest BCUT2D eigenvalue weighted by Gasteiger charge is 2.22. The number of aliphatic hydroxyl groups is 1. The number of hydrogen-bond acceptors (Lipinski definition) is 5. The predicted molar refractivity (Wildman–Crippen MR) is 87.5 cm³/mol. The van der Waals surface area contributed by atoms with E-state index < -0.39 is 0 Å². The third-order valence-electron chi connectivity index (χ3n) is 4.36. The lowest BCUT2D eigenvalue weighted by Gasteiger charge is -2.25. The quantitative estimate of drug-likeness (QED) is 0.907. The Balaban J connectivity index is 1.95. The molecule has 0 bridgehead atoms. The van der Waals surface area contributed by atoms with Gasteiger partial charge in [-0.3, -0.25) is 0 Å². The Morgan fingerprint density at radius 3 is 2.77 bits per heavy atom. The number of hydrogen-bond donors (Lipinski definition) is 2. The maximum atomic E-state index is 9.65. The van der Waals surface area contributed by atoms with Crippen molar-refractivity contribution in [2.24, 2.45) is 5.92 Å². The predicted octanol–water partition coefficient (Wildman–Crippen LogP) is 2.45. The molecule has 6 heteroatoms. The zero-order valence-electron chi connectivity index (χ0n) is 13.2. The molecule has 1 fully saturated rings. The van der Waals surface area contributed by atoms with Gasteiger partial charge in [-0.2, -0.15) is 10.1 Å². The fourth-order valence-electron chi connectivity index (χ4n) is 3.09. The molecule has 0 unspecified atom stereocenters. The van der Waals surface area contributed by atoms with Crippen molar-refractivity contribution < 1.29 is 5.11 Å². The SMILES string of the molecule is C=C(C)c1nn(C[C@H]2CC[C@@H](O)CC2)c2nc(NC)ncc12. The van der Waals surface area contributed by atoms with Gasteiger partial charge in [0.15, 0.2) is 5.65 Å². The molecule has 2 N–H and O–H groups in total. The van der Waals surface area contributed by atoms with Crippen molar-refractivity contribution in [3.8, 4) is 0 Å². The van der Waals surface area contributed by atoms with E-state index in [4.69, 9.17) is 5.10 Å². The maximum absolute atomic E-state index is 9.65. The third-order valence-corrected chi connectivity index (χ3v) is 4.36. The summed E-state index contributed by atoms with van der Waals surface area (Å²) in [6, 6.07) is 0. The number of aliphatic hydroxyl groups excluding tert-OH is 1. The number of fused-ring (bicyclic) bond motifs is 1. The molecule has 1 saturated carbocycles. The van der Waals surface area contributed by atoms with Crippen molar-refractivity contribution in [2.75, 3.05) is 12.4 Å². The van der Waals surface area contributed by atoms with Crippen LogP contribution in [0.2, 0.25) is 0 Å². The first kappa shape index (κ1) is 15.0. The molecule has 2 aromatic rings. The minimum Gasteiger partial charge on any atom is -0.393 e. The third kappa shape index (κ3) is 2.83. The first-order chi connectivity index (χ1) is 10.6. The fourth-order valence-corrected chi connectivity index (χ4v) is 3.09. The minimum atomic E-state index is -0.130. The normalized spacial score (nSPS) is 22.0. The molecule has 0 saturated heterocycles. The summed E-state index contributed by atoms with van der Waals surface area (Å²) in [5, 5.41) is 18.3. The van der Waals surface area contributed by atoms with Gasteiger partial charge in [-0.1, -0.05) is 6.58 Å². The molecular weight excluding hydrogens is 278 g/mol. The number of anilines is 1. The van der Waals surface area contributed by atoms with E-state index in [1.807, 2.05) is 24.9 Å². The Morgan fingerprint density at radius 2 is 2.14 bits per heavy atom. The second-order valence-electron chi connectivity index (χ2n) is 6.17. The fraction of sp³-hybridized carbons (Fsp3) is 0.562. The summed E-state index contributed by atoms with van der Waals surface area (Å²) in [6.07, 6.45) is 5.52. The van der Waals surface area contributed by atoms with Gasteiger partial charge in [0.05, 0.1) is 17.2 Å². The molecule has 0 spiro atoms. The lowest BCUT2D eigenvalue weighted by atomic mass is 9.87.